The first-order valence-corrected chi connectivity index (χ1v) is 7.28. The van der Waals surface area contributed by atoms with Crippen molar-refractivity contribution in [1.82, 2.24) is 19.7 Å². The molecular weight excluding hydrogens is 286 g/mol. The summed E-state index contributed by atoms with van der Waals surface area (Å²) in [7, 11) is 1.71. The molecule has 1 aliphatic rings. The highest BCUT2D eigenvalue weighted by Crippen LogP contribution is 2.28. The van der Waals surface area contributed by atoms with Gasteiger partial charge in [0.15, 0.2) is 0 Å². The van der Waals surface area contributed by atoms with E-state index in [1.807, 2.05) is 0 Å². The zero-order valence-electron chi connectivity index (χ0n) is 12.3. The summed E-state index contributed by atoms with van der Waals surface area (Å²) < 4.78 is 6.71. The van der Waals surface area contributed by atoms with E-state index < -0.39 is 6.10 Å². The molecule has 0 spiro atoms. The van der Waals surface area contributed by atoms with Crippen LogP contribution in [0, 0.1) is 0 Å². The number of amides is 2. The number of urea groups is 1. The summed E-state index contributed by atoms with van der Waals surface area (Å²) in [6.07, 6.45) is 4.46. The lowest BCUT2D eigenvalue weighted by atomic mass is 10.1. The highest BCUT2D eigenvalue weighted by atomic mass is 16.4. The van der Waals surface area contributed by atoms with Gasteiger partial charge >= 0.3 is 6.03 Å². The lowest BCUT2D eigenvalue weighted by molar-refractivity contribution is 0.110. The Balaban J connectivity index is 1.62. The normalized spacial score (nSPS) is 19.4. The lowest BCUT2D eigenvalue weighted by Crippen LogP contribution is -2.40. The first-order chi connectivity index (χ1) is 10.6. The fraction of sp³-hybridized carbons (Fsp3) is 0.500. The number of hydrogen-bond acceptors (Lipinski definition) is 5. The minimum atomic E-state index is -0.705. The maximum Gasteiger partial charge on any atom is 0.324 e. The molecule has 3 rings (SSSR count). The van der Waals surface area contributed by atoms with E-state index in [4.69, 9.17) is 4.42 Å². The van der Waals surface area contributed by atoms with Crippen LogP contribution < -0.4 is 5.32 Å². The van der Waals surface area contributed by atoms with Gasteiger partial charge in [-0.3, -0.25) is 5.32 Å². The minimum absolute atomic E-state index is 0.0201. The second-order valence-electron chi connectivity index (χ2n) is 5.39. The number of aliphatic hydroxyl groups is 1. The molecule has 0 aromatic carbocycles. The van der Waals surface area contributed by atoms with Crippen molar-refractivity contribution >= 4 is 12.0 Å². The number of aromatic nitrogens is 3. The van der Waals surface area contributed by atoms with Gasteiger partial charge in [-0.1, -0.05) is 0 Å². The Hall–Kier alpha value is -2.35. The summed E-state index contributed by atoms with van der Waals surface area (Å²) in [5.74, 6) is 0.933. The van der Waals surface area contributed by atoms with Crippen molar-refractivity contribution in [2.24, 2.45) is 7.05 Å². The van der Waals surface area contributed by atoms with Gasteiger partial charge in [0.2, 0.25) is 5.95 Å². The van der Waals surface area contributed by atoms with E-state index in [0.717, 1.165) is 12.8 Å². The van der Waals surface area contributed by atoms with E-state index in [-0.39, 0.29) is 12.1 Å². The smallest absolute Gasteiger partial charge is 0.324 e. The highest BCUT2D eigenvalue weighted by Gasteiger charge is 2.31. The van der Waals surface area contributed by atoms with Crippen molar-refractivity contribution in [2.45, 2.75) is 31.4 Å². The molecule has 8 heteroatoms. The number of aryl methyl sites for hydroxylation is 1. The van der Waals surface area contributed by atoms with Crippen LogP contribution in [0.2, 0.25) is 0 Å². The monoisotopic (exact) mass is 305 g/mol. The number of aliphatic hydroxyl groups excluding tert-OH is 1. The summed E-state index contributed by atoms with van der Waals surface area (Å²) in [6.45, 7) is 0.666. The average Bonchev–Trinajstić information content (AvgIpc) is 3.21. The molecule has 118 valence electrons. The Morgan fingerprint density at radius 1 is 1.64 bits per heavy atom. The Bertz CT molecular complexity index is 624. The van der Waals surface area contributed by atoms with Crippen molar-refractivity contribution in [3.8, 4) is 0 Å². The van der Waals surface area contributed by atoms with Crippen molar-refractivity contribution in [3.63, 3.8) is 0 Å². The fourth-order valence-electron chi connectivity index (χ4n) is 2.78. The maximum absolute atomic E-state index is 12.4. The molecule has 22 heavy (non-hydrogen) atoms. The molecule has 3 heterocycles. The minimum Gasteiger partial charge on any atom is -0.467 e. The molecule has 2 N–H and O–H groups in total. The number of likely N-dealkylation sites (tertiary alicyclic amines) is 1. The van der Waals surface area contributed by atoms with E-state index in [1.54, 1.807) is 24.1 Å². The number of rotatable bonds is 4. The number of hydrogen-bond donors (Lipinski definition) is 2. The molecule has 1 saturated heterocycles. The predicted molar refractivity (Wildman–Crippen MR) is 78.0 cm³/mol. The molecule has 1 aliphatic heterocycles. The summed E-state index contributed by atoms with van der Waals surface area (Å²) in [5.41, 5.74) is 0. The Kier molecular flexibility index (Phi) is 4.10. The van der Waals surface area contributed by atoms with Crippen LogP contribution >= 0.6 is 0 Å². The molecule has 0 aliphatic carbocycles. The van der Waals surface area contributed by atoms with Crippen LogP contribution in [0.4, 0.5) is 10.7 Å². The maximum atomic E-state index is 12.4. The Labute approximate surface area is 127 Å². The van der Waals surface area contributed by atoms with Gasteiger partial charge in [0.25, 0.3) is 0 Å². The summed E-state index contributed by atoms with van der Waals surface area (Å²) in [6, 6.07) is 3.24. The Morgan fingerprint density at radius 3 is 3.18 bits per heavy atom. The standard InChI is InChI=1S/C14H19N5O3/c1-18-13(15-9-16-18)17-14(21)19-6-2-4-10(19)8-11(20)12-5-3-7-22-12/h3,5,7,9-11,20H,2,4,6,8H2,1H3,(H,15,16,17,21). The van der Waals surface area contributed by atoms with Crippen molar-refractivity contribution in [1.29, 1.82) is 0 Å². The van der Waals surface area contributed by atoms with E-state index >= 15 is 0 Å². The van der Waals surface area contributed by atoms with Gasteiger partial charge in [0, 0.05) is 26.1 Å². The number of nitrogens with zero attached hydrogens (tertiary/aromatic N) is 4. The predicted octanol–water partition coefficient (Wildman–Crippen LogP) is 1.53. The van der Waals surface area contributed by atoms with Gasteiger partial charge in [0.1, 0.15) is 18.2 Å². The van der Waals surface area contributed by atoms with Crippen LogP contribution in [0.15, 0.2) is 29.1 Å². The van der Waals surface area contributed by atoms with Gasteiger partial charge in [-0.15, -0.1) is 0 Å². The van der Waals surface area contributed by atoms with E-state index in [0.29, 0.717) is 24.7 Å². The summed E-state index contributed by atoms with van der Waals surface area (Å²) >= 11 is 0. The molecule has 2 amide bonds. The first kappa shape index (κ1) is 14.6. The fourth-order valence-corrected chi connectivity index (χ4v) is 2.78. The number of furan rings is 1. The van der Waals surface area contributed by atoms with E-state index in [9.17, 15) is 9.90 Å². The zero-order valence-corrected chi connectivity index (χ0v) is 12.3. The van der Waals surface area contributed by atoms with Gasteiger partial charge in [0.05, 0.1) is 6.26 Å². The van der Waals surface area contributed by atoms with Gasteiger partial charge in [-0.25, -0.2) is 9.48 Å². The molecule has 2 unspecified atom stereocenters. The van der Waals surface area contributed by atoms with Crippen LogP contribution in [0.5, 0.6) is 0 Å². The van der Waals surface area contributed by atoms with Gasteiger partial charge < -0.3 is 14.4 Å². The molecule has 0 bridgehead atoms. The molecule has 2 aromatic heterocycles. The van der Waals surface area contributed by atoms with Crippen LogP contribution in [0.1, 0.15) is 31.1 Å². The molecule has 8 nitrogen and oxygen atoms in total. The number of nitrogens with one attached hydrogen (secondary N) is 1. The van der Waals surface area contributed by atoms with Crippen LogP contribution in [-0.2, 0) is 7.05 Å². The number of anilines is 1. The van der Waals surface area contributed by atoms with Gasteiger partial charge in [-0.2, -0.15) is 10.1 Å². The van der Waals surface area contributed by atoms with Crippen molar-refractivity contribution < 1.29 is 14.3 Å². The number of carbonyl (C=O) groups is 1. The lowest BCUT2D eigenvalue weighted by Gasteiger charge is -2.26. The second kappa shape index (κ2) is 6.18. The molecule has 0 radical (unpaired) electrons. The molecule has 0 saturated carbocycles. The zero-order chi connectivity index (χ0) is 15.5. The third-order valence-electron chi connectivity index (χ3n) is 3.94. The highest BCUT2D eigenvalue weighted by molar-refractivity contribution is 5.87. The molecule has 1 fully saturated rings. The Morgan fingerprint density at radius 2 is 2.50 bits per heavy atom. The third-order valence-corrected chi connectivity index (χ3v) is 3.94. The number of carbonyl (C=O) groups excluding carboxylic acids is 1. The van der Waals surface area contributed by atoms with Crippen LogP contribution in [0.25, 0.3) is 0 Å². The third kappa shape index (κ3) is 2.96. The molecule has 2 atom stereocenters. The van der Waals surface area contributed by atoms with Gasteiger partial charge in [-0.05, 0) is 25.0 Å². The topological polar surface area (TPSA) is 96.4 Å². The second-order valence-corrected chi connectivity index (χ2v) is 5.39. The average molecular weight is 305 g/mol. The van der Waals surface area contributed by atoms with Crippen LogP contribution in [0.3, 0.4) is 0 Å². The summed E-state index contributed by atoms with van der Waals surface area (Å²) in [5, 5.41) is 16.9. The van der Waals surface area contributed by atoms with E-state index in [1.165, 1.54) is 17.3 Å². The largest absolute Gasteiger partial charge is 0.467 e. The summed E-state index contributed by atoms with van der Waals surface area (Å²) in [4.78, 5) is 18.1. The first-order valence-electron chi connectivity index (χ1n) is 7.28. The molecule has 2 aromatic rings. The van der Waals surface area contributed by atoms with E-state index in [2.05, 4.69) is 15.4 Å². The van der Waals surface area contributed by atoms with Crippen molar-refractivity contribution in [3.05, 3.63) is 30.5 Å². The van der Waals surface area contributed by atoms with Crippen molar-refractivity contribution in [2.75, 3.05) is 11.9 Å². The quantitative estimate of drug-likeness (QED) is 0.893. The molecular formula is C14H19N5O3. The van der Waals surface area contributed by atoms with Crippen LogP contribution in [-0.4, -0.2) is 43.4 Å². The SMILES string of the molecule is Cn1ncnc1NC(=O)N1CCCC1CC(O)c1ccco1.